The maximum atomic E-state index is 14.2. The van der Waals surface area contributed by atoms with Gasteiger partial charge in [-0.25, -0.2) is 9.48 Å². The standard InChI is InChI=1S/C33H32N6O4S4/c1-38-33(35-36-37-38)46-19-24-18-45-31-25(34-29(40)28(47-20-44-2)23-16-10-5-11-17-23)30(41)39(31)26(24)32(42)43-27(21-12-6-3-7-13-21)22-14-8-4-9-15-22/h3-17,25,27-28,31H,18-20H2,1-2H3,(H,34,40). The molecule has 1 aromatic heterocycles. The van der Waals surface area contributed by atoms with Gasteiger partial charge >= 0.3 is 5.97 Å². The number of hydrogen-bond acceptors (Lipinski definition) is 11. The topological polar surface area (TPSA) is 119 Å². The Morgan fingerprint density at radius 2 is 1.60 bits per heavy atom. The van der Waals surface area contributed by atoms with Gasteiger partial charge in [0, 0.05) is 23.6 Å². The lowest BCUT2D eigenvalue weighted by Gasteiger charge is -2.50. The van der Waals surface area contributed by atoms with Gasteiger partial charge in [0.25, 0.3) is 5.91 Å². The highest BCUT2D eigenvalue weighted by molar-refractivity contribution is 8.16. The summed E-state index contributed by atoms with van der Waals surface area (Å²) in [6, 6.07) is 27.8. The molecule has 1 fully saturated rings. The molecule has 0 aliphatic carbocycles. The van der Waals surface area contributed by atoms with E-state index in [0.29, 0.717) is 16.7 Å². The number of hydrogen-bond donors (Lipinski definition) is 1. The molecule has 0 saturated carbocycles. The molecule has 2 aliphatic heterocycles. The molecule has 3 atom stereocenters. The Kier molecular flexibility index (Phi) is 10.9. The second-order valence-corrected chi connectivity index (χ2v) is 15.1. The largest absolute Gasteiger partial charge is 0.448 e. The zero-order chi connectivity index (χ0) is 32.8. The first kappa shape index (κ1) is 33.2. The number of β-lactam (4-membered cyclic amide) rings is 1. The van der Waals surface area contributed by atoms with Gasteiger partial charge in [-0.1, -0.05) is 103 Å². The fourth-order valence-electron chi connectivity index (χ4n) is 5.34. The van der Waals surface area contributed by atoms with E-state index >= 15 is 0 Å². The zero-order valence-corrected chi connectivity index (χ0v) is 28.9. The number of amides is 2. The zero-order valence-electron chi connectivity index (χ0n) is 25.6. The second-order valence-electron chi connectivity index (χ2n) is 10.7. The third-order valence-electron chi connectivity index (χ3n) is 7.62. The van der Waals surface area contributed by atoms with Crippen molar-refractivity contribution in [3.63, 3.8) is 0 Å². The van der Waals surface area contributed by atoms with Crippen molar-refractivity contribution in [1.82, 2.24) is 30.4 Å². The number of carbonyl (C=O) groups is 3. The minimum absolute atomic E-state index is 0.208. The molecule has 0 bridgehead atoms. The fourth-order valence-corrected chi connectivity index (χ4v) is 9.33. The summed E-state index contributed by atoms with van der Waals surface area (Å²) in [5.41, 5.74) is 3.44. The van der Waals surface area contributed by atoms with Crippen LogP contribution < -0.4 is 5.32 Å². The summed E-state index contributed by atoms with van der Waals surface area (Å²) in [4.78, 5) is 43.2. The number of nitrogens with zero attached hydrogens (tertiary/aromatic N) is 5. The van der Waals surface area contributed by atoms with Gasteiger partial charge in [-0.2, -0.15) is 11.8 Å². The first-order valence-electron chi connectivity index (χ1n) is 14.7. The smallest absolute Gasteiger partial charge is 0.356 e. The minimum Gasteiger partial charge on any atom is -0.448 e. The van der Waals surface area contributed by atoms with Gasteiger partial charge < -0.3 is 10.1 Å². The number of nitrogens with one attached hydrogen (secondary N) is 1. The molecule has 0 radical (unpaired) electrons. The maximum Gasteiger partial charge on any atom is 0.356 e. The highest BCUT2D eigenvalue weighted by Crippen LogP contribution is 2.43. The SMILES string of the molecule is CSCSC(C(=O)NC1C(=O)N2C(C(=O)OC(c3ccccc3)c3ccccc3)=C(CSc3nnnn3C)CSC12)c1ccccc1. The van der Waals surface area contributed by atoms with Gasteiger partial charge in [0.1, 0.15) is 22.4 Å². The Morgan fingerprint density at radius 1 is 0.979 bits per heavy atom. The fraction of sp³-hybridized carbons (Fsp3) is 0.273. The molecule has 3 unspecified atom stereocenters. The van der Waals surface area contributed by atoms with Crippen molar-refractivity contribution in [2.75, 3.05) is 22.8 Å². The number of ether oxygens (including phenoxy) is 1. The highest BCUT2D eigenvalue weighted by atomic mass is 32.2. The van der Waals surface area contributed by atoms with Crippen molar-refractivity contribution in [2.45, 2.75) is 27.9 Å². The molecular formula is C33H32N6O4S4. The molecule has 0 spiro atoms. The molecule has 2 amide bonds. The summed E-state index contributed by atoms with van der Waals surface area (Å²) in [6.45, 7) is 0. The molecule has 47 heavy (non-hydrogen) atoms. The quantitative estimate of drug-likeness (QED) is 0.0869. The van der Waals surface area contributed by atoms with Gasteiger partial charge in [0.2, 0.25) is 11.1 Å². The summed E-state index contributed by atoms with van der Waals surface area (Å²) in [5, 5.41) is 15.1. The van der Waals surface area contributed by atoms with Crippen molar-refractivity contribution < 1.29 is 19.1 Å². The van der Waals surface area contributed by atoms with E-state index in [1.807, 2.05) is 97.3 Å². The van der Waals surface area contributed by atoms with E-state index in [4.69, 9.17) is 4.74 Å². The number of thioether (sulfide) groups is 4. The van der Waals surface area contributed by atoms with Gasteiger partial charge in [0.15, 0.2) is 6.10 Å². The summed E-state index contributed by atoms with van der Waals surface area (Å²) in [5.74, 6) is -0.333. The van der Waals surface area contributed by atoms with Gasteiger partial charge in [-0.05, 0) is 38.9 Å². The predicted octanol–water partition coefficient (Wildman–Crippen LogP) is 5.08. The van der Waals surface area contributed by atoms with Crippen molar-refractivity contribution >= 4 is 64.8 Å². The average molecular weight is 705 g/mol. The van der Waals surface area contributed by atoms with E-state index in [0.717, 1.165) is 27.3 Å². The minimum atomic E-state index is -0.771. The Bertz CT molecular complexity index is 1700. The lowest BCUT2D eigenvalue weighted by Crippen LogP contribution is -2.71. The van der Waals surface area contributed by atoms with Crippen LogP contribution in [0, 0.1) is 0 Å². The van der Waals surface area contributed by atoms with E-state index < -0.39 is 28.7 Å². The molecule has 6 rings (SSSR count). The number of tetrazole rings is 1. The van der Waals surface area contributed by atoms with Crippen molar-refractivity contribution in [3.8, 4) is 0 Å². The maximum absolute atomic E-state index is 14.2. The summed E-state index contributed by atoms with van der Waals surface area (Å²) in [7, 11) is 1.74. The first-order chi connectivity index (χ1) is 23.0. The Labute approximate surface area is 289 Å². The summed E-state index contributed by atoms with van der Waals surface area (Å²) >= 11 is 6.05. The van der Waals surface area contributed by atoms with Crippen LogP contribution in [0.15, 0.2) is 107 Å². The van der Waals surface area contributed by atoms with Crippen LogP contribution in [0.3, 0.4) is 0 Å². The number of aromatic nitrogens is 4. The van der Waals surface area contributed by atoms with E-state index in [9.17, 15) is 14.4 Å². The average Bonchev–Trinajstić information content (AvgIpc) is 3.53. The summed E-state index contributed by atoms with van der Waals surface area (Å²) in [6.07, 6.45) is 1.30. The van der Waals surface area contributed by atoms with E-state index in [1.54, 1.807) is 23.5 Å². The van der Waals surface area contributed by atoms with Crippen LogP contribution >= 0.6 is 47.0 Å². The Hall–Kier alpha value is -3.72. The monoisotopic (exact) mass is 704 g/mol. The highest BCUT2D eigenvalue weighted by Gasteiger charge is 2.55. The normalized spacial score (nSPS) is 18.0. The van der Waals surface area contributed by atoms with E-state index in [2.05, 4.69) is 20.8 Å². The number of aryl methyl sites for hydroxylation is 1. The summed E-state index contributed by atoms with van der Waals surface area (Å²) < 4.78 is 7.82. The van der Waals surface area contributed by atoms with Crippen LogP contribution in [-0.2, 0) is 26.2 Å². The van der Waals surface area contributed by atoms with Gasteiger partial charge in [0.05, 0.1) is 0 Å². The molecule has 3 aromatic carbocycles. The van der Waals surface area contributed by atoms with E-state index in [-0.39, 0.29) is 17.5 Å². The third kappa shape index (κ3) is 7.40. The van der Waals surface area contributed by atoms with Gasteiger partial charge in [-0.3, -0.25) is 14.5 Å². The van der Waals surface area contributed by atoms with Crippen LogP contribution in [0.4, 0.5) is 0 Å². The Balaban J connectivity index is 1.27. The first-order valence-corrected chi connectivity index (χ1v) is 19.2. The molecule has 4 aromatic rings. The molecular weight excluding hydrogens is 673 g/mol. The van der Waals surface area contributed by atoms with Crippen LogP contribution in [-0.4, -0.2) is 77.2 Å². The molecule has 1 saturated heterocycles. The second kappa shape index (κ2) is 15.5. The van der Waals surface area contributed by atoms with E-state index in [1.165, 1.54) is 40.2 Å². The van der Waals surface area contributed by atoms with Crippen molar-refractivity contribution in [3.05, 3.63) is 119 Å². The van der Waals surface area contributed by atoms with Crippen LogP contribution in [0.1, 0.15) is 28.0 Å². The van der Waals surface area contributed by atoms with Crippen molar-refractivity contribution in [2.24, 2.45) is 7.05 Å². The van der Waals surface area contributed by atoms with Gasteiger partial charge in [-0.15, -0.1) is 28.6 Å². The van der Waals surface area contributed by atoms with Crippen LogP contribution in [0.2, 0.25) is 0 Å². The van der Waals surface area contributed by atoms with Crippen LogP contribution in [0.25, 0.3) is 0 Å². The number of rotatable bonds is 13. The number of esters is 1. The lowest BCUT2D eigenvalue weighted by molar-refractivity contribution is -0.154. The molecule has 3 heterocycles. The van der Waals surface area contributed by atoms with Crippen LogP contribution in [0.5, 0.6) is 0 Å². The predicted molar refractivity (Wildman–Crippen MR) is 188 cm³/mol. The molecule has 1 N–H and O–H groups in total. The number of benzene rings is 3. The molecule has 10 nitrogen and oxygen atoms in total. The third-order valence-corrected chi connectivity index (χ3v) is 12.4. The Morgan fingerprint density at radius 3 is 2.17 bits per heavy atom. The molecule has 242 valence electrons. The number of carbonyl (C=O) groups excluding carboxylic acids is 3. The molecule has 14 heteroatoms. The number of fused-ring (bicyclic) bond motifs is 1. The van der Waals surface area contributed by atoms with Crippen molar-refractivity contribution in [1.29, 1.82) is 0 Å². The molecule has 2 aliphatic rings. The lowest BCUT2D eigenvalue weighted by atomic mass is 10.0.